The van der Waals surface area contributed by atoms with Gasteiger partial charge in [-0.15, -0.1) is 0 Å². The molecule has 0 saturated carbocycles. The van der Waals surface area contributed by atoms with Gasteiger partial charge in [0.2, 0.25) is 16.0 Å². The summed E-state index contributed by atoms with van der Waals surface area (Å²) in [5.74, 6) is -0.462. The van der Waals surface area contributed by atoms with Crippen LogP contribution in [0.25, 0.3) is 5.57 Å². The Bertz CT molecular complexity index is 1260. The third kappa shape index (κ3) is 5.98. The fourth-order valence-electron chi connectivity index (χ4n) is 4.37. The van der Waals surface area contributed by atoms with Crippen LogP contribution < -0.4 is 10.3 Å². The molecule has 2 atom stereocenters. The first kappa shape index (κ1) is 25.8. The molecule has 1 N–H and O–H groups in total. The third-order valence-corrected chi connectivity index (χ3v) is 7.07. The number of allylic oxidation sites excluding steroid dienone is 5. The Kier molecular flexibility index (Phi) is 8.38. The van der Waals surface area contributed by atoms with Crippen LogP contribution in [0.3, 0.4) is 0 Å². The van der Waals surface area contributed by atoms with Crippen molar-refractivity contribution < 1.29 is 12.8 Å². The molecule has 2 unspecified atom stereocenters. The summed E-state index contributed by atoms with van der Waals surface area (Å²) in [6, 6.07) is 5.77. The number of sulfonamides is 1. The maximum Gasteiger partial charge on any atom is 0.257 e. The van der Waals surface area contributed by atoms with Crippen LogP contribution in [-0.2, 0) is 22.9 Å². The zero-order valence-corrected chi connectivity index (χ0v) is 20.7. The van der Waals surface area contributed by atoms with Gasteiger partial charge in [-0.3, -0.25) is 9.36 Å². The molecule has 34 heavy (non-hydrogen) atoms. The van der Waals surface area contributed by atoms with Crippen LogP contribution in [0, 0.1) is 0 Å². The summed E-state index contributed by atoms with van der Waals surface area (Å²) in [5.41, 5.74) is 4.07. The van der Waals surface area contributed by atoms with E-state index in [0.29, 0.717) is 30.5 Å². The summed E-state index contributed by atoms with van der Waals surface area (Å²) < 4.78 is 41.4. The molecule has 0 saturated heterocycles. The molecule has 2 aromatic rings. The molecule has 0 spiro atoms. The molecular formula is C26H32FN3O3S. The highest BCUT2D eigenvalue weighted by atomic mass is 32.2. The second kappa shape index (κ2) is 11.1. The van der Waals surface area contributed by atoms with Crippen LogP contribution in [0.2, 0.25) is 0 Å². The number of benzene rings is 1. The highest BCUT2D eigenvalue weighted by molar-refractivity contribution is 7.89. The predicted octanol–water partition coefficient (Wildman–Crippen LogP) is 4.46. The minimum atomic E-state index is -4.09. The molecular weight excluding hydrogens is 453 g/mol. The predicted molar refractivity (Wildman–Crippen MR) is 135 cm³/mol. The van der Waals surface area contributed by atoms with Gasteiger partial charge in [0.15, 0.2) is 0 Å². The van der Waals surface area contributed by atoms with Crippen molar-refractivity contribution in [3.05, 3.63) is 94.2 Å². The Morgan fingerprint density at radius 1 is 1.35 bits per heavy atom. The average Bonchev–Trinajstić information content (AvgIpc) is 2.80. The van der Waals surface area contributed by atoms with Crippen LogP contribution in [0.4, 0.5) is 4.39 Å². The van der Waals surface area contributed by atoms with Crippen molar-refractivity contribution in [1.82, 2.24) is 14.3 Å². The van der Waals surface area contributed by atoms with E-state index in [1.807, 2.05) is 63.3 Å². The normalized spacial score (nSPS) is 18.9. The number of nitrogens with zero attached hydrogens (tertiary/aromatic N) is 2. The minimum absolute atomic E-state index is 0.0893. The van der Waals surface area contributed by atoms with Crippen molar-refractivity contribution >= 4 is 15.6 Å². The Hall–Kier alpha value is -2.84. The van der Waals surface area contributed by atoms with Crippen LogP contribution in [-0.4, -0.2) is 30.0 Å². The number of alkyl halides is 1. The van der Waals surface area contributed by atoms with Gasteiger partial charge >= 0.3 is 0 Å². The summed E-state index contributed by atoms with van der Waals surface area (Å²) >= 11 is 0. The lowest BCUT2D eigenvalue weighted by Gasteiger charge is -2.33. The first-order valence-electron chi connectivity index (χ1n) is 11.4. The van der Waals surface area contributed by atoms with E-state index < -0.39 is 28.0 Å². The van der Waals surface area contributed by atoms with Gasteiger partial charge in [0, 0.05) is 23.6 Å². The molecule has 0 amide bonds. The third-order valence-electron chi connectivity index (χ3n) is 6.12. The van der Waals surface area contributed by atoms with Crippen molar-refractivity contribution in [2.45, 2.75) is 58.0 Å². The molecule has 6 nitrogen and oxygen atoms in total. The molecule has 0 aliphatic heterocycles. The summed E-state index contributed by atoms with van der Waals surface area (Å²) in [6.45, 7) is 9.47. The van der Waals surface area contributed by atoms with Gasteiger partial charge in [-0.25, -0.2) is 22.5 Å². The van der Waals surface area contributed by atoms with Crippen molar-refractivity contribution in [2.24, 2.45) is 0 Å². The lowest BCUT2D eigenvalue weighted by molar-refractivity contribution is 0.407. The van der Waals surface area contributed by atoms with Crippen LogP contribution >= 0.6 is 0 Å². The lowest BCUT2D eigenvalue weighted by atomic mass is 9.78. The van der Waals surface area contributed by atoms with E-state index in [1.165, 1.54) is 0 Å². The second-order valence-electron chi connectivity index (χ2n) is 8.88. The number of hydrogen-bond acceptors (Lipinski definition) is 4. The average molecular weight is 486 g/mol. The Labute approximate surface area is 201 Å². The van der Waals surface area contributed by atoms with Crippen molar-refractivity contribution in [3.63, 3.8) is 0 Å². The maximum atomic E-state index is 13.4. The number of hydrogen-bond donors (Lipinski definition) is 1. The van der Waals surface area contributed by atoms with Gasteiger partial charge in [0.05, 0.1) is 12.0 Å². The number of rotatable bonds is 9. The molecule has 8 heteroatoms. The van der Waals surface area contributed by atoms with Crippen molar-refractivity contribution in [1.29, 1.82) is 0 Å². The first-order chi connectivity index (χ1) is 16.2. The number of halogens is 1. The highest BCUT2D eigenvalue weighted by Gasteiger charge is 2.36. The molecule has 182 valence electrons. The lowest BCUT2D eigenvalue weighted by Crippen LogP contribution is -2.46. The smallest absolute Gasteiger partial charge is 0.257 e. The van der Waals surface area contributed by atoms with E-state index in [4.69, 9.17) is 0 Å². The number of nitrogens with one attached hydrogen (secondary N) is 1. The van der Waals surface area contributed by atoms with E-state index in [2.05, 4.69) is 16.3 Å². The molecule has 1 aromatic carbocycles. The summed E-state index contributed by atoms with van der Waals surface area (Å²) in [7, 11) is -4.09. The maximum absolute atomic E-state index is 13.4. The minimum Gasteiger partial charge on any atom is -0.296 e. The van der Waals surface area contributed by atoms with Crippen LogP contribution in [0.1, 0.15) is 61.5 Å². The van der Waals surface area contributed by atoms with Gasteiger partial charge in [-0.2, -0.15) is 0 Å². The van der Waals surface area contributed by atoms with Crippen molar-refractivity contribution in [3.8, 4) is 0 Å². The number of fused-ring (bicyclic) bond motifs is 1. The van der Waals surface area contributed by atoms with Crippen molar-refractivity contribution in [2.75, 3.05) is 6.01 Å². The van der Waals surface area contributed by atoms with Crippen LogP contribution in [0.15, 0.2) is 66.3 Å². The molecule has 1 aromatic heterocycles. The molecule has 1 aliphatic rings. The van der Waals surface area contributed by atoms with E-state index in [9.17, 15) is 17.6 Å². The Morgan fingerprint density at radius 2 is 2.12 bits per heavy atom. The molecule has 0 bridgehead atoms. The van der Waals surface area contributed by atoms with Gasteiger partial charge in [0.1, 0.15) is 0 Å². The molecule has 0 radical (unpaired) electrons. The second-order valence-corrected chi connectivity index (χ2v) is 10.6. The largest absolute Gasteiger partial charge is 0.296 e. The van der Waals surface area contributed by atoms with Gasteiger partial charge in [-0.1, -0.05) is 55.1 Å². The molecule has 1 aliphatic carbocycles. The fourth-order valence-corrected chi connectivity index (χ4v) is 5.18. The standard InChI is InChI=1S/C26H32FN3O3S/c1-5-6-7-9-19(4)21-11-8-10-20(14-21)15-22-23(29-34(32,33)16-27)12-13-24-25(22)26(31)30(17-28-24)18(2)3/h5-11,14,17-18,22-23,29H,1,12-13,15-16H2,2-4H3/b7-6-,19-9+. The zero-order valence-electron chi connectivity index (χ0n) is 19.9. The summed E-state index contributed by atoms with van der Waals surface area (Å²) in [6.07, 6.45) is 10.3. The Balaban J connectivity index is 2.06. The molecule has 3 rings (SSSR count). The molecule has 1 heterocycles. The summed E-state index contributed by atoms with van der Waals surface area (Å²) in [4.78, 5) is 17.9. The SMILES string of the molecule is C=C/C=C\C=C(/C)c1cccc(CC2c3c(ncn(C(C)C)c3=O)CCC2NS(=O)(=O)CF)c1. The van der Waals surface area contributed by atoms with E-state index >= 15 is 0 Å². The van der Waals surface area contributed by atoms with E-state index in [1.54, 1.807) is 17.0 Å². The van der Waals surface area contributed by atoms with Gasteiger partial charge in [-0.05, 0) is 56.7 Å². The highest BCUT2D eigenvalue weighted by Crippen LogP contribution is 2.33. The quantitative estimate of drug-likeness (QED) is 0.532. The Morgan fingerprint density at radius 3 is 2.79 bits per heavy atom. The molecule has 0 fully saturated rings. The topological polar surface area (TPSA) is 81.1 Å². The fraction of sp³-hybridized carbons (Fsp3) is 0.385. The summed E-state index contributed by atoms with van der Waals surface area (Å²) in [5, 5.41) is 0. The number of aromatic nitrogens is 2. The van der Waals surface area contributed by atoms with E-state index in [0.717, 1.165) is 16.7 Å². The first-order valence-corrected chi connectivity index (χ1v) is 13.0. The monoisotopic (exact) mass is 485 g/mol. The van der Waals surface area contributed by atoms with Gasteiger partial charge in [0.25, 0.3) is 5.56 Å². The zero-order chi connectivity index (χ0) is 24.9. The number of aryl methyl sites for hydroxylation is 1. The van der Waals surface area contributed by atoms with Crippen LogP contribution in [0.5, 0.6) is 0 Å². The van der Waals surface area contributed by atoms with E-state index in [-0.39, 0.29) is 11.6 Å². The van der Waals surface area contributed by atoms with Gasteiger partial charge < -0.3 is 0 Å².